The van der Waals surface area contributed by atoms with E-state index < -0.39 is 18.6 Å². The lowest BCUT2D eigenvalue weighted by Gasteiger charge is -2.16. The lowest BCUT2D eigenvalue weighted by molar-refractivity contribution is -0.121. The van der Waals surface area contributed by atoms with Crippen molar-refractivity contribution in [1.82, 2.24) is 5.32 Å². The fourth-order valence-corrected chi connectivity index (χ4v) is 4.30. The highest BCUT2D eigenvalue weighted by atomic mass is 32.1. The Hall–Kier alpha value is -3.82. The molecule has 8 nitrogen and oxygen atoms in total. The van der Waals surface area contributed by atoms with Gasteiger partial charge in [0.1, 0.15) is 5.75 Å². The van der Waals surface area contributed by atoms with E-state index in [1.54, 1.807) is 35.6 Å². The monoisotopic (exact) mass is 492 g/mol. The molecule has 0 aliphatic carbocycles. The largest absolute Gasteiger partial charge is 0.494 e. The number of imide groups is 1. The highest BCUT2D eigenvalue weighted by Gasteiger charge is 2.39. The third-order valence-electron chi connectivity index (χ3n) is 5.43. The molecular weight excluding hydrogens is 468 g/mol. The fraction of sp³-hybridized carbons (Fsp3) is 0.231. The van der Waals surface area contributed by atoms with Crippen molar-refractivity contribution in [3.8, 4) is 5.75 Å². The number of hydrogen-bond acceptors (Lipinski definition) is 8. The highest BCUT2D eigenvalue weighted by molar-refractivity contribution is 7.09. The average Bonchev–Trinajstić information content (AvgIpc) is 3.49. The van der Waals surface area contributed by atoms with Crippen LogP contribution >= 0.6 is 11.3 Å². The van der Waals surface area contributed by atoms with E-state index in [1.807, 2.05) is 24.4 Å². The van der Waals surface area contributed by atoms with Crippen molar-refractivity contribution in [2.24, 2.45) is 0 Å². The van der Waals surface area contributed by atoms with Crippen LogP contribution in [0.15, 0.2) is 66.0 Å². The molecule has 1 aliphatic heterocycles. The van der Waals surface area contributed by atoms with E-state index in [0.29, 0.717) is 30.2 Å². The van der Waals surface area contributed by atoms with Crippen molar-refractivity contribution < 1.29 is 28.7 Å². The fourth-order valence-electron chi connectivity index (χ4n) is 3.65. The second kappa shape index (κ2) is 11.1. The van der Waals surface area contributed by atoms with Crippen LogP contribution in [0.4, 0.5) is 5.69 Å². The van der Waals surface area contributed by atoms with Crippen LogP contribution in [0.3, 0.4) is 0 Å². The number of anilines is 1. The summed E-state index contributed by atoms with van der Waals surface area (Å²) >= 11 is 1.57. The van der Waals surface area contributed by atoms with Gasteiger partial charge in [-0.1, -0.05) is 6.07 Å². The van der Waals surface area contributed by atoms with Gasteiger partial charge in [-0.3, -0.25) is 14.4 Å². The van der Waals surface area contributed by atoms with E-state index in [1.165, 1.54) is 24.3 Å². The summed E-state index contributed by atoms with van der Waals surface area (Å²) in [6.45, 7) is 2.49. The summed E-state index contributed by atoms with van der Waals surface area (Å²) in [6, 6.07) is 15.8. The Morgan fingerprint density at radius 2 is 1.74 bits per heavy atom. The molecule has 2 aromatic carbocycles. The number of esters is 1. The molecule has 180 valence electrons. The predicted octanol–water partition coefficient (Wildman–Crippen LogP) is 3.61. The molecule has 1 N–H and O–H groups in total. The standard InChI is InChI=1S/C26H24N2O6S/c1-2-33-20-11-7-17(8-12-20)23(29)16-34-26(32)18-5-9-19(10-6-18)28-24(30)14-22(25(28)31)27-15-21-4-3-13-35-21/h3-13,22,27H,2,14-16H2,1H3. The van der Waals surface area contributed by atoms with Crippen molar-refractivity contribution >= 4 is 40.6 Å². The van der Waals surface area contributed by atoms with Gasteiger partial charge >= 0.3 is 5.97 Å². The maximum atomic E-state index is 12.8. The van der Waals surface area contributed by atoms with Gasteiger partial charge in [0.05, 0.1) is 30.3 Å². The summed E-state index contributed by atoms with van der Waals surface area (Å²) in [7, 11) is 0. The van der Waals surface area contributed by atoms with Gasteiger partial charge in [0.15, 0.2) is 12.4 Å². The van der Waals surface area contributed by atoms with Gasteiger partial charge in [0.25, 0.3) is 5.91 Å². The Morgan fingerprint density at radius 3 is 2.40 bits per heavy atom. The zero-order valence-electron chi connectivity index (χ0n) is 19.1. The van der Waals surface area contributed by atoms with Gasteiger partial charge < -0.3 is 14.8 Å². The second-order valence-corrected chi connectivity index (χ2v) is 8.82. The van der Waals surface area contributed by atoms with E-state index in [9.17, 15) is 19.2 Å². The van der Waals surface area contributed by atoms with E-state index in [2.05, 4.69) is 5.32 Å². The topological polar surface area (TPSA) is 102 Å². The van der Waals surface area contributed by atoms with Crippen LogP contribution in [-0.4, -0.2) is 42.8 Å². The number of amides is 2. The van der Waals surface area contributed by atoms with E-state index in [4.69, 9.17) is 9.47 Å². The molecule has 0 radical (unpaired) electrons. The molecule has 1 saturated heterocycles. The lowest BCUT2D eigenvalue weighted by Crippen LogP contribution is -2.38. The SMILES string of the molecule is CCOc1ccc(C(=O)COC(=O)c2ccc(N3C(=O)CC(NCc4cccs4)C3=O)cc2)cc1. The quantitative estimate of drug-likeness (QED) is 0.262. The molecule has 0 spiro atoms. The van der Waals surface area contributed by atoms with Gasteiger partial charge in [-0.05, 0) is 66.9 Å². The highest BCUT2D eigenvalue weighted by Crippen LogP contribution is 2.24. The number of rotatable bonds is 10. The molecular formula is C26H24N2O6S. The Labute approximate surface area is 206 Å². The predicted molar refractivity (Wildman–Crippen MR) is 131 cm³/mol. The molecule has 35 heavy (non-hydrogen) atoms. The number of Topliss-reactive ketones (excluding diaryl/α,β-unsaturated/α-hetero) is 1. The maximum Gasteiger partial charge on any atom is 0.338 e. The summed E-state index contributed by atoms with van der Waals surface area (Å²) in [5.41, 5.74) is 0.993. The molecule has 2 amide bonds. The number of carbonyl (C=O) groups excluding carboxylic acids is 4. The van der Waals surface area contributed by atoms with Gasteiger partial charge in [-0.15, -0.1) is 11.3 Å². The first-order chi connectivity index (χ1) is 17.0. The molecule has 2 heterocycles. The van der Waals surface area contributed by atoms with Crippen LogP contribution in [0.1, 0.15) is 38.9 Å². The number of thiophene rings is 1. The molecule has 1 atom stereocenters. The first-order valence-corrected chi connectivity index (χ1v) is 12.0. The van der Waals surface area contributed by atoms with Crippen LogP contribution in [0, 0.1) is 0 Å². The Kier molecular flexibility index (Phi) is 7.69. The smallest absolute Gasteiger partial charge is 0.338 e. The number of ether oxygens (including phenoxy) is 2. The molecule has 0 bridgehead atoms. The number of nitrogens with one attached hydrogen (secondary N) is 1. The average molecular weight is 493 g/mol. The number of ketones is 1. The lowest BCUT2D eigenvalue weighted by atomic mass is 10.1. The second-order valence-electron chi connectivity index (χ2n) is 7.79. The molecule has 3 aromatic rings. The summed E-state index contributed by atoms with van der Waals surface area (Å²) in [5.74, 6) is -1.00. The number of carbonyl (C=O) groups is 4. The normalized spacial score (nSPS) is 15.3. The molecule has 9 heteroatoms. The van der Waals surface area contributed by atoms with Crippen LogP contribution < -0.4 is 15.0 Å². The van der Waals surface area contributed by atoms with Gasteiger partial charge in [-0.25, -0.2) is 9.69 Å². The Balaban J connectivity index is 1.32. The summed E-state index contributed by atoms with van der Waals surface area (Å²) in [6.07, 6.45) is 0.0711. The van der Waals surface area contributed by atoms with Crippen LogP contribution in [0.5, 0.6) is 5.75 Å². The first kappa shape index (κ1) is 24.3. The van der Waals surface area contributed by atoms with Gasteiger partial charge in [0, 0.05) is 17.0 Å². The maximum absolute atomic E-state index is 12.8. The van der Waals surface area contributed by atoms with Gasteiger partial charge in [-0.2, -0.15) is 0 Å². The number of hydrogen-bond donors (Lipinski definition) is 1. The zero-order valence-corrected chi connectivity index (χ0v) is 19.9. The first-order valence-electron chi connectivity index (χ1n) is 11.1. The third-order valence-corrected chi connectivity index (χ3v) is 6.31. The molecule has 1 aliphatic rings. The van der Waals surface area contributed by atoms with Crippen molar-refractivity contribution in [3.05, 3.63) is 82.0 Å². The number of benzene rings is 2. The van der Waals surface area contributed by atoms with Crippen molar-refractivity contribution in [1.29, 1.82) is 0 Å². The van der Waals surface area contributed by atoms with Crippen molar-refractivity contribution in [3.63, 3.8) is 0 Å². The van der Waals surface area contributed by atoms with Crippen LogP contribution in [-0.2, 0) is 20.9 Å². The van der Waals surface area contributed by atoms with E-state index in [0.717, 1.165) is 9.78 Å². The number of nitrogens with zero attached hydrogens (tertiary/aromatic N) is 1. The van der Waals surface area contributed by atoms with Crippen LogP contribution in [0.25, 0.3) is 0 Å². The molecule has 4 rings (SSSR count). The third kappa shape index (κ3) is 5.82. The summed E-state index contributed by atoms with van der Waals surface area (Å²) in [5, 5.41) is 5.08. The summed E-state index contributed by atoms with van der Waals surface area (Å²) < 4.78 is 10.5. The van der Waals surface area contributed by atoms with Crippen molar-refractivity contribution in [2.75, 3.05) is 18.1 Å². The Morgan fingerprint density at radius 1 is 1.03 bits per heavy atom. The van der Waals surface area contributed by atoms with Crippen molar-refractivity contribution in [2.45, 2.75) is 25.9 Å². The zero-order chi connectivity index (χ0) is 24.8. The molecule has 1 aromatic heterocycles. The van der Waals surface area contributed by atoms with E-state index >= 15 is 0 Å². The van der Waals surface area contributed by atoms with Gasteiger partial charge in [0.2, 0.25) is 5.91 Å². The molecule has 1 fully saturated rings. The molecule has 0 saturated carbocycles. The minimum absolute atomic E-state index is 0.0711. The van der Waals surface area contributed by atoms with E-state index in [-0.39, 0.29) is 29.6 Å². The minimum atomic E-state index is -0.676. The minimum Gasteiger partial charge on any atom is -0.494 e. The summed E-state index contributed by atoms with van der Waals surface area (Å²) in [4.78, 5) is 52.1. The Bertz CT molecular complexity index is 1210. The van der Waals surface area contributed by atoms with Crippen LogP contribution in [0.2, 0.25) is 0 Å². The molecule has 1 unspecified atom stereocenters.